The molecule has 0 radical (unpaired) electrons. The van der Waals surface area contributed by atoms with Gasteiger partial charge in [-0.15, -0.1) is 29.1 Å². The standard InChI is InChI=1S/C33H26N8O13S3/c1-4-50-17-35-25-15-27(40-41-32-30(56-54-52-44)10-18-11-31(57(45,46)47)23(34)14-22(18)33(32)42)29(49-3)16-26(25)39-38-24-9-8-20(13-28(24)48-2)37-36-19-6-5-7-21(12-19)55-53-51-43/h1,5-17,42-44H,34H2,2-3H3,(H,45,46,47)/b35-17+,37-36?,39-38?,41-40?. The van der Waals surface area contributed by atoms with Gasteiger partial charge < -0.3 is 25.1 Å². The summed E-state index contributed by atoms with van der Waals surface area (Å²) in [5.74, 6) is -0.133. The number of terminal acetylenes is 1. The number of aromatic hydroxyl groups is 1. The van der Waals surface area contributed by atoms with Crippen LogP contribution in [-0.4, -0.2) is 49.2 Å². The minimum atomic E-state index is -4.72. The maximum Gasteiger partial charge on any atom is 0.296 e. The molecule has 0 heterocycles. The third-order valence-electron chi connectivity index (χ3n) is 7.15. The van der Waals surface area contributed by atoms with Crippen molar-refractivity contribution in [1.29, 1.82) is 0 Å². The number of phenolic OH excluding ortho intramolecular Hbond substituents is 1. The average molecular weight is 839 g/mol. The van der Waals surface area contributed by atoms with Crippen molar-refractivity contribution in [3.05, 3.63) is 72.8 Å². The van der Waals surface area contributed by atoms with Crippen molar-refractivity contribution in [2.75, 3.05) is 20.0 Å². The Balaban J connectivity index is 1.50. The first-order chi connectivity index (χ1) is 27.5. The fraction of sp³-hybridized carbons (Fsp3) is 0.0606. The van der Waals surface area contributed by atoms with Crippen LogP contribution < -0.4 is 15.2 Å². The van der Waals surface area contributed by atoms with Gasteiger partial charge in [-0.25, -0.2) is 15.5 Å². The van der Waals surface area contributed by atoms with Gasteiger partial charge in [0.1, 0.15) is 45.3 Å². The van der Waals surface area contributed by atoms with Gasteiger partial charge in [0, 0.05) is 22.4 Å². The first-order valence-electron chi connectivity index (χ1n) is 15.2. The van der Waals surface area contributed by atoms with Gasteiger partial charge in [0.05, 0.1) is 66.0 Å². The lowest BCUT2D eigenvalue weighted by molar-refractivity contribution is -0.432. The predicted octanol–water partition coefficient (Wildman–Crippen LogP) is 9.76. The number of azo groups is 3. The summed E-state index contributed by atoms with van der Waals surface area (Å²) in [7, 11) is -1.95. The van der Waals surface area contributed by atoms with Crippen molar-refractivity contribution in [2.24, 2.45) is 35.7 Å². The van der Waals surface area contributed by atoms with E-state index in [1.54, 1.807) is 42.5 Å². The lowest BCUT2D eigenvalue weighted by Crippen LogP contribution is -2.03. The van der Waals surface area contributed by atoms with Gasteiger partial charge >= 0.3 is 0 Å². The number of phenols is 1. The van der Waals surface area contributed by atoms with Crippen LogP contribution in [0.3, 0.4) is 0 Å². The Bertz CT molecular complexity index is 2550. The molecule has 5 rings (SSSR count). The molecule has 0 amide bonds. The maximum absolute atomic E-state index is 11.8. The molecule has 0 spiro atoms. The first-order valence-corrected chi connectivity index (χ1v) is 18.2. The summed E-state index contributed by atoms with van der Waals surface area (Å²) in [6.07, 6.45) is 8.12. The summed E-state index contributed by atoms with van der Waals surface area (Å²) in [4.78, 5) is 4.16. The summed E-state index contributed by atoms with van der Waals surface area (Å²) >= 11 is 1.16. The molecule has 0 unspecified atom stereocenters. The van der Waals surface area contributed by atoms with Crippen LogP contribution in [0.15, 0.2) is 123 Å². The van der Waals surface area contributed by atoms with Gasteiger partial charge in [-0.2, -0.15) is 18.6 Å². The van der Waals surface area contributed by atoms with E-state index in [2.05, 4.69) is 54.4 Å². The van der Waals surface area contributed by atoms with E-state index in [0.717, 1.165) is 30.6 Å². The summed E-state index contributed by atoms with van der Waals surface area (Å²) in [5, 5.41) is 61.2. The molecule has 0 saturated carbocycles. The van der Waals surface area contributed by atoms with E-state index in [-0.39, 0.29) is 49.9 Å². The van der Waals surface area contributed by atoms with Crippen LogP contribution in [0, 0.1) is 12.5 Å². The second-order valence-electron chi connectivity index (χ2n) is 10.5. The zero-order valence-corrected chi connectivity index (χ0v) is 31.4. The third kappa shape index (κ3) is 10.7. The van der Waals surface area contributed by atoms with Gasteiger partial charge in [0.2, 0.25) is 0 Å². The molecule has 0 saturated heterocycles. The van der Waals surface area contributed by atoms with E-state index < -0.39 is 20.8 Å². The van der Waals surface area contributed by atoms with Crippen molar-refractivity contribution in [3.8, 4) is 29.8 Å². The number of nitrogens with zero attached hydrogens (tertiary/aromatic N) is 7. The van der Waals surface area contributed by atoms with Crippen molar-refractivity contribution < 1.29 is 61.5 Å². The van der Waals surface area contributed by atoms with E-state index in [1.165, 1.54) is 32.4 Å². The van der Waals surface area contributed by atoms with Crippen LogP contribution in [0.2, 0.25) is 0 Å². The number of anilines is 1. The second kappa shape index (κ2) is 19.6. The monoisotopic (exact) mass is 838 g/mol. The molecule has 0 aliphatic carbocycles. The summed E-state index contributed by atoms with van der Waals surface area (Å²) in [6, 6.07) is 17.8. The number of nitrogens with two attached hydrogens (primary N) is 1. The van der Waals surface area contributed by atoms with E-state index in [4.69, 9.17) is 36.9 Å². The molecule has 24 heteroatoms. The number of methoxy groups -OCH3 is 2. The molecule has 6 N–H and O–H groups in total. The highest BCUT2D eigenvalue weighted by molar-refractivity contribution is 7.95. The number of aliphatic imine (C=N–C) groups is 1. The van der Waals surface area contributed by atoms with E-state index in [9.17, 15) is 18.1 Å². The Morgan fingerprint density at radius 2 is 1.46 bits per heavy atom. The van der Waals surface area contributed by atoms with Gasteiger partial charge in [0.15, 0.2) is 12.2 Å². The van der Waals surface area contributed by atoms with Crippen LogP contribution >= 0.6 is 24.1 Å². The lowest BCUT2D eigenvalue weighted by Gasteiger charge is -2.12. The van der Waals surface area contributed by atoms with Crippen molar-refractivity contribution in [1.82, 2.24) is 0 Å². The number of ether oxygens (including phenoxy) is 3. The van der Waals surface area contributed by atoms with Crippen molar-refractivity contribution >= 4 is 96.9 Å². The quantitative estimate of drug-likeness (QED) is 0.00669. The number of fused-ring (bicyclic) bond motifs is 1. The van der Waals surface area contributed by atoms with Crippen LogP contribution in [0.1, 0.15) is 0 Å². The molecule has 0 aromatic heterocycles. The molecule has 0 aliphatic rings. The molecule has 294 valence electrons. The molecule has 21 nitrogen and oxygen atoms in total. The third-order valence-corrected chi connectivity index (χ3v) is 9.25. The van der Waals surface area contributed by atoms with Gasteiger partial charge in [-0.3, -0.25) is 4.55 Å². The Kier molecular flexibility index (Phi) is 14.4. The van der Waals surface area contributed by atoms with Crippen molar-refractivity contribution in [3.63, 3.8) is 0 Å². The Morgan fingerprint density at radius 3 is 2.16 bits per heavy atom. The largest absolute Gasteiger partial charge is 0.505 e. The van der Waals surface area contributed by atoms with Crippen LogP contribution in [0.25, 0.3) is 10.8 Å². The van der Waals surface area contributed by atoms with E-state index in [1.807, 2.05) is 6.11 Å². The molecule has 0 bridgehead atoms. The summed E-state index contributed by atoms with van der Waals surface area (Å²) in [5.41, 5.74) is 6.76. The number of benzene rings is 5. The topological polar surface area (TPSA) is 292 Å². The van der Waals surface area contributed by atoms with Gasteiger partial charge in [0.25, 0.3) is 10.1 Å². The highest BCUT2D eigenvalue weighted by Gasteiger charge is 2.21. The molecular weight excluding hydrogens is 813 g/mol. The van der Waals surface area contributed by atoms with Gasteiger partial charge in [-0.05, 0) is 60.0 Å². The Labute approximate surface area is 330 Å². The number of rotatable bonds is 17. The molecule has 5 aromatic rings. The smallest absolute Gasteiger partial charge is 0.296 e. The van der Waals surface area contributed by atoms with Crippen LogP contribution in [-0.2, 0) is 33.6 Å². The molecule has 57 heavy (non-hydrogen) atoms. The zero-order valence-electron chi connectivity index (χ0n) is 29.0. The van der Waals surface area contributed by atoms with Crippen LogP contribution in [0.4, 0.5) is 45.5 Å². The Hall–Kier alpha value is -6.24. The minimum Gasteiger partial charge on any atom is -0.505 e. The van der Waals surface area contributed by atoms with Crippen LogP contribution in [0.5, 0.6) is 17.2 Å². The number of nitrogen functional groups attached to an aromatic ring is 1. The fourth-order valence-corrected chi connectivity index (χ4v) is 6.24. The number of hydrogen-bond donors (Lipinski definition) is 5. The maximum atomic E-state index is 11.8. The Morgan fingerprint density at radius 1 is 0.772 bits per heavy atom. The molecular formula is C33H26N8O13S3. The summed E-state index contributed by atoms with van der Waals surface area (Å²) < 4.78 is 58.1. The lowest BCUT2D eigenvalue weighted by atomic mass is 10.1. The molecule has 0 atom stereocenters. The minimum absolute atomic E-state index is 0.0245. The predicted molar refractivity (Wildman–Crippen MR) is 204 cm³/mol. The molecule has 0 fully saturated rings. The fourth-order valence-electron chi connectivity index (χ4n) is 4.70. The van der Waals surface area contributed by atoms with E-state index >= 15 is 0 Å². The average Bonchev–Trinajstić information content (AvgIpc) is 3.20. The molecule has 5 aromatic carbocycles. The summed E-state index contributed by atoms with van der Waals surface area (Å²) in [6.45, 7) is 0. The zero-order chi connectivity index (χ0) is 41.0. The highest BCUT2D eigenvalue weighted by Crippen LogP contribution is 2.47. The molecule has 0 aliphatic heterocycles. The highest BCUT2D eigenvalue weighted by atomic mass is 32.2. The normalized spacial score (nSPS) is 12.0. The number of hydrogen-bond acceptors (Lipinski definition) is 22. The van der Waals surface area contributed by atoms with E-state index in [0.29, 0.717) is 39.7 Å². The van der Waals surface area contributed by atoms with Gasteiger partial charge in [-0.1, -0.05) is 22.6 Å². The van der Waals surface area contributed by atoms with Crippen molar-refractivity contribution in [2.45, 2.75) is 14.7 Å². The first kappa shape index (κ1) is 41.9. The second-order valence-corrected chi connectivity index (χ2v) is 13.5. The SMILES string of the molecule is C#CO/C=N/c1cc(N=Nc2c(SOOO)cc3cc(S(=O)(=O)O)c(N)cc3c2O)c(OC)cc1N=Nc1ccc(N=Nc2cccc(SOOO)c2)cc1OC.